The first-order chi connectivity index (χ1) is 11.6. The van der Waals surface area contributed by atoms with Crippen LogP contribution >= 0.6 is 34.2 Å². The summed E-state index contributed by atoms with van der Waals surface area (Å²) in [5.41, 5.74) is 2.19. The smallest absolute Gasteiger partial charge is 0.129 e. The second kappa shape index (κ2) is 6.44. The van der Waals surface area contributed by atoms with Crippen molar-refractivity contribution in [2.24, 2.45) is 0 Å². The molecular weight excluding hydrogens is 440 g/mol. The lowest BCUT2D eigenvalue weighted by atomic mass is 10.0. The van der Waals surface area contributed by atoms with E-state index in [0.29, 0.717) is 10.5 Å². The first-order valence-corrected chi connectivity index (χ1v) is 9.22. The Balaban J connectivity index is 1.78. The topological polar surface area (TPSA) is 29.0 Å². The van der Waals surface area contributed by atoms with Gasteiger partial charge in [-0.25, -0.2) is 9.37 Å². The molecule has 3 heterocycles. The minimum Gasteiger partial charge on any atom is -0.349 e. The number of aromatic nitrogens is 2. The highest BCUT2D eigenvalue weighted by Gasteiger charge is 2.29. The molecule has 0 spiro atoms. The molecule has 1 atom stereocenters. The predicted octanol–water partition coefficient (Wildman–Crippen LogP) is 5.37. The summed E-state index contributed by atoms with van der Waals surface area (Å²) >= 11 is 8.47. The molecule has 2 aromatic heterocycles. The van der Waals surface area contributed by atoms with Gasteiger partial charge in [0.1, 0.15) is 17.2 Å². The van der Waals surface area contributed by atoms with E-state index in [1.54, 1.807) is 24.4 Å². The van der Waals surface area contributed by atoms with Gasteiger partial charge in [0.05, 0.1) is 16.6 Å². The number of benzene rings is 1. The Kier molecular flexibility index (Phi) is 4.30. The van der Waals surface area contributed by atoms with Gasteiger partial charge in [-0.3, -0.25) is 4.98 Å². The SMILES string of the molecule is Fc1ccc(I)cc1[C@H]1CCCN1c1ccc2nccc(Cl)c2n1. The molecule has 6 heteroatoms. The van der Waals surface area contributed by atoms with Crippen LogP contribution in [0.5, 0.6) is 0 Å². The summed E-state index contributed by atoms with van der Waals surface area (Å²) in [5, 5.41) is 0.582. The lowest BCUT2D eigenvalue weighted by Gasteiger charge is -2.26. The van der Waals surface area contributed by atoms with E-state index in [4.69, 9.17) is 16.6 Å². The third kappa shape index (κ3) is 2.84. The van der Waals surface area contributed by atoms with Crippen LogP contribution in [0.3, 0.4) is 0 Å². The van der Waals surface area contributed by atoms with Gasteiger partial charge >= 0.3 is 0 Å². The molecule has 0 N–H and O–H groups in total. The van der Waals surface area contributed by atoms with Crippen LogP contribution in [0.2, 0.25) is 5.02 Å². The summed E-state index contributed by atoms with van der Waals surface area (Å²) in [6.07, 6.45) is 3.60. The van der Waals surface area contributed by atoms with Crippen LogP contribution in [0.4, 0.5) is 10.2 Å². The number of fused-ring (bicyclic) bond motifs is 1. The van der Waals surface area contributed by atoms with Gasteiger partial charge in [-0.1, -0.05) is 11.6 Å². The maximum Gasteiger partial charge on any atom is 0.129 e. The minimum absolute atomic E-state index is 0.000105. The lowest BCUT2D eigenvalue weighted by Crippen LogP contribution is -2.24. The molecule has 0 amide bonds. The van der Waals surface area contributed by atoms with Crippen LogP contribution in [0.1, 0.15) is 24.4 Å². The van der Waals surface area contributed by atoms with Crippen molar-refractivity contribution in [1.29, 1.82) is 0 Å². The zero-order chi connectivity index (χ0) is 16.7. The third-order valence-electron chi connectivity index (χ3n) is 4.38. The molecule has 0 unspecified atom stereocenters. The van der Waals surface area contributed by atoms with E-state index in [9.17, 15) is 4.39 Å². The predicted molar refractivity (Wildman–Crippen MR) is 103 cm³/mol. The first-order valence-electron chi connectivity index (χ1n) is 7.76. The van der Waals surface area contributed by atoms with E-state index in [1.165, 1.54) is 0 Å². The Morgan fingerprint density at radius 1 is 1.21 bits per heavy atom. The number of pyridine rings is 2. The standard InChI is InChI=1S/C18H14ClFIN3/c19-13-7-8-22-15-5-6-17(23-18(13)15)24-9-1-2-16(24)12-10-11(21)3-4-14(12)20/h3-8,10,16H,1-2,9H2/t16-/m1/s1. The van der Waals surface area contributed by atoms with Gasteiger partial charge in [0, 0.05) is 21.9 Å². The van der Waals surface area contributed by atoms with Crippen LogP contribution in [-0.4, -0.2) is 16.5 Å². The maximum atomic E-state index is 14.3. The molecule has 0 saturated carbocycles. The zero-order valence-corrected chi connectivity index (χ0v) is 15.6. The van der Waals surface area contributed by atoms with Crippen molar-refractivity contribution < 1.29 is 4.39 Å². The molecule has 24 heavy (non-hydrogen) atoms. The Labute approximate surface area is 158 Å². The highest BCUT2D eigenvalue weighted by atomic mass is 127. The second-order valence-electron chi connectivity index (χ2n) is 5.85. The average Bonchev–Trinajstić information content (AvgIpc) is 3.06. The van der Waals surface area contributed by atoms with Gasteiger partial charge in [-0.2, -0.15) is 0 Å². The van der Waals surface area contributed by atoms with E-state index in [0.717, 1.165) is 39.9 Å². The molecule has 3 nitrogen and oxygen atoms in total. The highest BCUT2D eigenvalue weighted by Crippen LogP contribution is 2.37. The quantitative estimate of drug-likeness (QED) is 0.489. The Bertz CT molecular complexity index is 918. The van der Waals surface area contributed by atoms with E-state index < -0.39 is 0 Å². The van der Waals surface area contributed by atoms with Gasteiger partial charge in [0.25, 0.3) is 0 Å². The molecular formula is C18H14ClFIN3. The van der Waals surface area contributed by atoms with Gasteiger partial charge in [-0.15, -0.1) is 0 Å². The van der Waals surface area contributed by atoms with Crippen LogP contribution in [-0.2, 0) is 0 Å². The monoisotopic (exact) mass is 453 g/mol. The normalized spacial score (nSPS) is 17.6. The van der Waals surface area contributed by atoms with Crippen LogP contribution < -0.4 is 4.90 Å². The fourth-order valence-electron chi connectivity index (χ4n) is 3.28. The number of rotatable bonds is 2. The molecule has 1 saturated heterocycles. The maximum absolute atomic E-state index is 14.3. The molecule has 122 valence electrons. The molecule has 0 aliphatic carbocycles. The summed E-state index contributed by atoms with van der Waals surface area (Å²) in [6.45, 7) is 0.853. The van der Waals surface area contributed by atoms with E-state index in [-0.39, 0.29) is 11.9 Å². The number of hydrogen-bond donors (Lipinski definition) is 0. The first kappa shape index (κ1) is 16.0. The number of anilines is 1. The molecule has 1 aliphatic rings. The Hall–Kier alpha value is -1.47. The van der Waals surface area contributed by atoms with Crippen molar-refractivity contribution in [2.45, 2.75) is 18.9 Å². The van der Waals surface area contributed by atoms with Crippen molar-refractivity contribution in [3.05, 3.63) is 62.6 Å². The van der Waals surface area contributed by atoms with E-state index >= 15 is 0 Å². The minimum atomic E-state index is -0.159. The fraction of sp³-hybridized carbons (Fsp3) is 0.222. The van der Waals surface area contributed by atoms with Crippen LogP contribution in [0, 0.1) is 9.39 Å². The molecule has 1 fully saturated rings. The van der Waals surface area contributed by atoms with Gasteiger partial charge in [0.15, 0.2) is 0 Å². The Morgan fingerprint density at radius 3 is 2.96 bits per heavy atom. The van der Waals surface area contributed by atoms with Gasteiger partial charge < -0.3 is 4.90 Å². The number of halogens is 3. The molecule has 1 aromatic carbocycles. The summed E-state index contributed by atoms with van der Waals surface area (Å²) in [7, 11) is 0. The fourth-order valence-corrected chi connectivity index (χ4v) is 3.99. The number of nitrogens with zero attached hydrogens (tertiary/aromatic N) is 3. The second-order valence-corrected chi connectivity index (χ2v) is 7.50. The van der Waals surface area contributed by atoms with Crippen molar-refractivity contribution in [1.82, 2.24) is 9.97 Å². The summed E-state index contributed by atoms with van der Waals surface area (Å²) in [5.74, 6) is 0.658. The van der Waals surface area contributed by atoms with Crippen molar-refractivity contribution in [2.75, 3.05) is 11.4 Å². The highest BCUT2D eigenvalue weighted by molar-refractivity contribution is 14.1. The van der Waals surface area contributed by atoms with E-state index in [2.05, 4.69) is 32.5 Å². The summed E-state index contributed by atoms with van der Waals surface area (Å²) < 4.78 is 15.4. The molecule has 0 radical (unpaired) electrons. The van der Waals surface area contributed by atoms with Crippen molar-refractivity contribution in [3.63, 3.8) is 0 Å². The van der Waals surface area contributed by atoms with Gasteiger partial charge in [-0.05, 0) is 71.8 Å². The van der Waals surface area contributed by atoms with Gasteiger partial charge in [0.2, 0.25) is 0 Å². The largest absolute Gasteiger partial charge is 0.349 e. The van der Waals surface area contributed by atoms with E-state index in [1.807, 2.05) is 18.2 Å². The van der Waals surface area contributed by atoms with Crippen molar-refractivity contribution in [3.8, 4) is 0 Å². The molecule has 0 bridgehead atoms. The Morgan fingerprint density at radius 2 is 2.08 bits per heavy atom. The molecule has 3 aromatic rings. The molecule has 1 aliphatic heterocycles. The summed E-state index contributed by atoms with van der Waals surface area (Å²) in [4.78, 5) is 11.1. The lowest BCUT2D eigenvalue weighted by molar-refractivity contribution is 0.578. The average molecular weight is 454 g/mol. The molecule has 4 rings (SSSR count). The van der Waals surface area contributed by atoms with Crippen LogP contribution in [0.25, 0.3) is 11.0 Å². The summed E-state index contributed by atoms with van der Waals surface area (Å²) in [6, 6.07) is 10.9. The third-order valence-corrected chi connectivity index (χ3v) is 5.36. The van der Waals surface area contributed by atoms with Crippen molar-refractivity contribution >= 4 is 51.0 Å². The van der Waals surface area contributed by atoms with Crippen LogP contribution in [0.15, 0.2) is 42.6 Å². The number of hydrogen-bond acceptors (Lipinski definition) is 3. The zero-order valence-electron chi connectivity index (χ0n) is 12.7.